The first-order valence-electron chi connectivity index (χ1n) is 9.08. The van der Waals surface area contributed by atoms with E-state index in [0.29, 0.717) is 11.0 Å². The molecule has 27 heavy (non-hydrogen) atoms. The first-order chi connectivity index (χ1) is 13.1. The SMILES string of the molecule is C=c1[nH]c2c(ccc3[nH]c(=O)c(=Cc4[nH]ccc4OC)c32)nc1CCCC. The van der Waals surface area contributed by atoms with Crippen LogP contribution in [0.3, 0.4) is 0 Å². The van der Waals surface area contributed by atoms with E-state index in [0.717, 1.165) is 57.9 Å². The van der Waals surface area contributed by atoms with Crippen LogP contribution in [0.15, 0.2) is 29.2 Å². The minimum atomic E-state index is -0.150. The molecule has 1 aromatic carbocycles. The fourth-order valence-corrected chi connectivity index (χ4v) is 3.43. The fraction of sp³-hybridized carbons (Fsp3) is 0.238. The van der Waals surface area contributed by atoms with Crippen molar-refractivity contribution in [2.24, 2.45) is 0 Å². The lowest BCUT2D eigenvalue weighted by molar-refractivity contribution is 0.414. The Labute approximate surface area is 155 Å². The summed E-state index contributed by atoms with van der Waals surface area (Å²) in [5.74, 6) is 0.686. The average Bonchev–Trinajstić information content (AvgIpc) is 3.24. The Morgan fingerprint density at radius 2 is 2.11 bits per heavy atom. The van der Waals surface area contributed by atoms with E-state index in [4.69, 9.17) is 9.72 Å². The number of aryl methyl sites for hydroxylation is 1. The molecule has 6 heteroatoms. The summed E-state index contributed by atoms with van der Waals surface area (Å²) < 4.78 is 5.34. The standard InChI is InChI=1S/C21H22N4O2/c1-4-5-6-14-12(2)23-20-16(24-14)8-7-15-19(20)13(21(26)25-15)11-17-18(27-3)9-10-22-17/h7-11,22-23H,2,4-6H2,1,3H3,(H,25,26). The molecule has 4 rings (SSSR count). The molecule has 3 heterocycles. The van der Waals surface area contributed by atoms with Gasteiger partial charge in [-0.3, -0.25) is 4.79 Å². The zero-order valence-electron chi connectivity index (χ0n) is 15.5. The van der Waals surface area contributed by atoms with Gasteiger partial charge in [-0.05, 0) is 37.1 Å². The number of nitrogens with one attached hydrogen (secondary N) is 3. The van der Waals surface area contributed by atoms with E-state index in [1.165, 1.54) is 0 Å². The van der Waals surface area contributed by atoms with Crippen molar-refractivity contribution in [2.75, 3.05) is 7.11 Å². The van der Waals surface area contributed by atoms with Gasteiger partial charge in [0.25, 0.3) is 5.56 Å². The molecule has 0 atom stereocenters. The van der Waals surface area contributed by atoms with Crippen molar-refractivity contribution in [1.29, 1.82) is 0 Å². The maximum absolute atomic E-state index is 12.6. The first-order valence-corrected chi connectivity index (χ1v) is 9.08. The van der Waals surface area contributed by atoms with Crippen molar-refractivity contribution < 1.29 is 4.74 Å². The highest BCUT2D eigenvalue weighted by Crippen LogP contribution is 2.19. The van der Waals surface area contributed by atoms with Crippen LogP contribution in [-0.2, 0) is 6.42 Å². The number of hydrogen-bond acceptors (Lipinski definition) is 3. The maximum Gasteiger partial charge on any atom is 0.256 e. The predicted octanol–water partition coefficient (Wildman–Crippen LogP) is 2.32. The molecule has 3 aromatic heterocycles. The highest BCUT2D eigenvalue weighted by atomic mass is 16.5. The zero-order valence-corrected chi connectivity index (χ0v) is 15.5. The molecule has 0 aliphatic heterocycles. The summed E-state index contributed by atoms with van der Waals surface area (Å²) in [6.45, 7) is 6.28. The van der Waals surface area contributed by atoms with Crippen molar-refractivity contribution in [3.63, 3.8) is 0 Å². The predicted molar refractivity (Wildman–Crippen MR) is 109 cm³/mol. The molecule has 0 saturated carbocycles. The zero-order chi connectivity index (χ0) is 19.0. The van der Waals surface area contributed by atoms with Gasteiger partial charge >= 0.3 is 0 Å². The number of H-pyrrole nitrogens is 3. The van der Waals surface area contributed by atoms with Crippen LogP contribution in [0, 0.1) is 0 Å². The molecule has 0 aliphatic carbocycles. The number of benzene rings is 1. The largest absolute Gasteiger partial charge is 0.495 e. The maximum atomic E-state index is 12.6. The number of ether oxygens (including phenoxy) is 1. The Morgan fingerprint density at radius 3 is 2.89 bits per heavy atom. The molecule has 0 fully saturated rings. The molecule has 0 aliphatic rings. The fourth-order valence-electron chi connectivity index (χ4n) is 3.43. The van der Waals surface area contributed by atoms with E-state index in [1.54, 1.807) is 19.4 Å². The van der Waals surface area contributed by atoms with Gasteiger partial charge in [-0.25, -0.2) is 4.98 Å². The highest BCUT2D eigenvalue weighted by molar-refractivity contribution is 6.03. The summed E-state index contributed by atoms with van der Waals surface area (Å²) in [6, 6.07) is 5.65. The Morgan fingerprint density at radius 1 is 1.26 bits per heavy atom. The first kappa shape index (κ1) is 17.1. The molecule has 0 amide bonds. The summed E-state index contributed by atoms with van der Waals surface area (Å²) in [5, 5.41) is 2.17. The lowest BCUT2D eigenvalue weighted by atomic mass is 10.1. The quantitative estimate of drug-likeness (QED) is 0.509. The Hall–Kier alpha value is -3.28. The lowest BCUT2D eigenvalue weighted by Gasteiger charge is -2.06. The number of rotatable bonds is 5. The van der Waals surface area contributed by atoms with E-state index in [1.807, 2.05) is 18.2 Å². The molecule has 0 bridgehead atoms. The van der Waals surface area contributed by atoms with Crippen LogP contribution < -0.4 is 20.9 Å². The summed E-state index contributed by atoms with van der Waals surface area (Å²) >= 11 is 0. The molecule has 0 saturated heterocycles. The summed E-state index contributed by atoms with van der Waals surface area (Å²) in [4.78, 5) is 26.8. The highest BCUT2D eigenvalue weighted by Gasteiger charge is 2.11. The smallest absolute Gasteiger partial charge is 0.256 e. The molecule has 4 aromatic rings. The number of aromatic nitrogens is 4. The lowest BCUT2D eigenvalue weighted by Crippen LogP contribution is -2.22. The molecular weight excluding hydrogens is 340 g/mol. The summed E-state index contributed by atoms with van der Waals surface area (Å²) in [5.41, 5.74) is 3.97. The second kappa shape index (κ2) is 6.79. The third-order valence-corrected chi connectivity index (χ3v) is 4.84. The molecule has 6 nitrogen and oxygen atoms in total. The van der Waals surface area contributed by atoms with Crippen LogP contribution in [0.4, 0.5) is 0 Å². The van der Waals surface area contributed by atoms with Gasteiger partial charge in [0.05, 0.1) is 45.6 Å². The third kappa shape index (κ3) is 2.93. The van der Waals surface area contributed by atoms with E-state index >= 15 is 0 Å². The van der Waals surface area contributed by atoms with Crippen LogP contribution in [0.5, 0.6) is 5.75 Å². The minimum absolute atomic E-state index is 0.150. The number of aromatic amines is 3. The van der Waals surface area contributed by atoms with E-state index in [-0.39, 0.29) is 5.56 Å². The molecular formula is C21H22N4O2. The van der Waals surface area contributed by atoms with Crippen molar-refractivity contribution in [3.8, 4) is 5.75 Å². The van der Waals surface area contributed by atoms with Gasteiger partial charge in [0, 0.05) is 11.6 Å². The van der Waals surface area contributed by atoms with Gasteiger partial charge in [-0.2, -0.15) is 0 Å². The van der Waals surface area contributed by atoms with Crippen molar-refractivity contribution >= 4 is 34.6 Å². The molecule has 0 spiro atoms. The normalized spacial score (nSPS) is 12.3. The van der Waals surface area contributed by atoms with Crippen LogP contribution in [0.2, 0.25) is 0 Å². The average molecular weight is 362 g/mol. The van der Waals surface area contributed by atoms with Gasteiger partial charge in [0.1, 0.15) is 5.75 Å². The van der Waals surface area contributed by atoms with Crippen LogP contribution in [0.1, 0.15) is 31.2 Å². The Bertz CT molecular complexity index is 1290. The molecule has 138 valence electrons. The minimum Gasteiger partial charge on any atom is -0.495 e. The second-order valence-electron chi connectivity index (χ2n) is 6.62. The summed E-state index contributed by atoms with van der Waals surface area (Å²) in [7, 11) is 1.60. The Kier molecular flexibility index (Phi) is 4.32. The van der Waals surface area contributed by atoms with E-state index in [9.17, 15) is 4.79 Å². The van der Waals surface area contributed by atoms with Crippen LogP contribution in [-0.4, -0.2) is 27.0 Å². The van der Waals surface area contributed by atoms with Crippen molar-refractivity contribution in [2.45, 2.75) is 26.2 Å². The number of fused-ring (bicyclic) bond motifs is 3. The molecule has 0 unspecified atom stereocenters. The van der Waals surface area contributed by atoms with Gasteiger partial charge < -0.3 is 19.7 Å². The van der Waals surface area contributed by atoms with Crippen LogP contribution >= 0.6 is 0 Å². The van der Waals surface area contributed by atoms with Gasteiger partial charge in [0.2, 0.25) is 0 Å². The van der Waals surface area contributed by atoms with Gasteiger partial charge in [-0.15, -0.1) is 0 Å². The van der Waals surface area contributed by atoms with E-state index < -0.39 is 0 Å². The molecule has 3 N–H and O–H groups in total. The summed E-state index contributed by atoms with van der Waals surface area (Å²) in [6.07, 6.45) is 6.65. The number of nitrogens with zero attached hydrogens (tertiary/aromatic N) is 1. The molecule has 0 radical (unpaired) electrons. The topological polar surface area (TPSA) is 86.6 Å². The number of unbranched alkanes of at least 4 members (excludes halogenated alkanes) is 1. The monoisotopic (exact) mass is 362 g/mol. The third-order valence-electron chi connectivity index (χ3n) is 4.84. The number of hydrogen-bond donors (Lipinski definition) is 3. The second-order valence-corrected chi connectivity index (χ2v) is 6.62. The Balaban J connectivity index is 2.03. The van der Waals surface area contributed by atoms with Gasteiger partial charge in [0.15, 0.2) is 0 Å². The number of methoxy groups -OCH3 is 1. The van der Waals surface area contributed by atoms with Gasteiger partial charge in [-0.1, -0.05) is 19.9 Å². The van der Waals surface area contributed by atoms with Crippen LogP contribution in [0.25, 0.3) is 34.6 Å². The van der Waals surface area contributed by atoms with Crippen molar-refractivity contribution in [1.82, 2.24) is 19.9 Å². The van der Waals surface area contributed by atoms with Crippen molar-refractivity contribution in [3.05, 3.63) is 56.7 Å². The van der Waals surface area contributed by atoms with E-state index in [2.05, 4.69) is 28.5 Å².